The first-order valence-electron chi connectivity index (χ1n) is 9.92. The minimum Gasteiger partial charge on any atom is -0.497 e. The molecule has 2 heterocycles. The highest BCUT2D eigenvalue weighted by Gasteiger charge is 2.20. The number of carbonyl (C=O) groups is 1. The molecule has 6 nitrogen and oxygen atoms in total. The number of aryl methyl sites for hydroxylation is 1. The Labute approximate surface area is 166 Å². The van der Waals surface area contributed by atoms with Crippen LogP contribution in [-0.2, 0) is 6.42 Å². The van der Waals surface area contributed by atoms with E-state index in [0.29, 0.717) is 18.0 Å². The highest BCUT2D eigenvalue weighted by atomic mass is 16.5. The van der Waals surface area contributed by atoms with Crippen molar-refractivity contribution in [2.45, 2.75) is 25.7 Å². The van der Waals surface area contributed by atoms with Crippen LogP contribution in [0.3, 0.4) is 0 Å². The molecule has 6 heteroatoms. The number of methoxy groups -OCH3 is 1. The zero-order valence-electron chi connectivity index (χ0n) is 16.4. The number of hydrogen-bond donors (Lipinski definition) is 2. The lowest BCUT2D eigenvalue weighted by atomic mass is 9.99. The van der Waals surface area contributed by atoms with E-state index in [1.54, 1.807) is 13.3 Å². The van der Waals surface area contributed by atoms with E-state index in [4.69, 9.17) is 4.74 Å². The summed E-state index contributed by atoms with van der Waals surface area (Å²) in [5, 5.41) is 12.3. The number of benzene rings is 1. The maximum absolute atomic E-state index is 12.3. The first kappa shape index (κ1) is 20.1. The number of amides is 1. The van der Waals surface area contributed by atoms with E-state index in [1.165, 1.54) is 5.56 Å². The molecule has 1 unspecified atom stereocenters. The van der Waals surface area contributed by atoms with Crippen LogP contribution in [0.2, 0.25) is 0 Å². The van der Waals surface area contributed by atoms with Gasteiger partial charge in [-0.1, -0.05) is 12.1 Å². The number of nitrogens with zero attached hydrogens (tertiary/aromatic N) is 2. The molecule has 1 saturated heterocycles. The van der Waals surface area contributed by atoms with E-state index in [1.807, 2.05) is 36.4 Å². The maximum Gasteiger partial charge on any atom is 0.252 e. The van der Waals surface area contributed by atoms with E-state index >= 15 is 0 Å². The highest BCUT2D eigenvalue weighted by Crippen LogP contribution is 2.21. The van der Waals surface area contributed by atoms with Crippen molar-refractivity contribution in [2.24, 2.45) is 5.92 Å². The summed E-state index contributed by atoms with van der Waals surface area (Å²) in [6.07, 6.45) is 5.53. The predicted octanol–water partition coefficient (Wildman–Crippen LogP) is 2.66. The number of carbonyl (C=O) groups excluding carboxylic acids is 1. The third-order valence-electron chi connectivity index (χ3n) is 5.20. The second-order valence-electron chi connectivity index (χ2n) is 7.25. The molecule has 0 bridgehead atoms. The normalized spacial score (nSPS) is 16.6. The molecule has 0 saturated carbocycles. The summed E-state index contributed by atoms with van der Waals surface area (Å²) in [5.74, 6) is 1.93. The van der Waals surface area contributed by atoms with Crippen LogP contribution < -0.4 is 15.0 Å². The number of pyridine rings is 1. The molecule has 2 aromatic rings. The molecular formula is C22H29N3O3. The molecule has 1 amide bonds. The molecule has 1 aromatic carbocycles. The Kier molecular flexibility index (Phi) is 7.25. The van der Waals surface area contributed by atoms with Gasteiger partial charge in [0, 0.05) is 32.4 Å². The Hall–Kier alpha value is -2.60. The minimum absolute atomic E-state index is 0.0966. The molecular weight excluding hydrogens is 354 g/mol. The number of aromatic nitrogens is 1. The van der Waals surface area contributed by atoms with Crippen LogP contribution in [0.5, 0.6) is 5.75 Å². The van der Waals surface area contributed by atoms with Crippen molar-refractivity contribution in [1.82, 2.24) is 10.3 Å². The number of piperidine rings is 1. The fraction of sp³-hybridized carbons (Fsp3) is 0.455. The van der Waals surface area contributed by atoms with Crippen molar-refractivity contribution in [1.29, 1.82) is 0 Å². The van der Waals surface area contributed by atoms with Crippen LogP contribution in [0.25, 0.3) is 0 Å². The number of aliphatic hydroxyl groups is 1. The topological polar surface area (TPSA) is 74.7 Å². The molecule has 1 aromatic heterocycles. The maximum atomic E-state index is 12.3. The van der Waals surface area contributed by atoms with Crippen LogP contribution in [0.4, 0.5) is 5.82 Å². The van der Waals surface area contributed by atoms with Gasteiger partial charge in [-0.05, 0) is 61.4 Å². The molecule has 2 N–H and O–H groups in total. The average Bonchev–Trinajstić information content (AvgIpc) is 2.77. The molecule has 1 aliphatic heterocycles. The lowest BCUT2D eigenvalue weighted by molar-refractivity contribution is 0.0953. The molecule has 3 rings (SSSR count). The average molecular weight is 383 g/mol. The molecule has 0 aliphatic carbocycles. The summed E-state index contributed by atoms with van der Waals surface area (Å²) in [4.78, 5) is 18.9. The third kappa shape index (κ3) is 5.45. The fourth-order valence-electron chi connectivity index (χ4n) is 3.52. The van der Waals surface area contributed by atoms with Crippen molar-refractivity contribution >= 4 is 11.7 Å². The number of anilines is 1. The molecule has 1 atom stereocenters. The van der Waals surface area contributed by atoms with Gasteiger partial charge in [-0.25, -0.2) is 4.98 Å². The van der Waals surface area contributed by atoms with Gasteiger partial charge in [0.25, 0.3) is 5.91 Å². The largest absolute Gasteiger partial charge is 0.497 e. The standard InChI is InChI=1S/C22H29N3O3/c1-28-20-9-6-17(7-10-20)4-2-12-23-22(27)19-8-11-21(24-14-19)25-13-3-5-18(15-25)16-26/h6-11,14,18,26H,2-5,12-13,15-16H2,1H3,(H,23,27). The Balaban J connectivity index is 1.44. The van der Waals surface area contributed by atoms with Crippen LogP contribution in [0, 0.1) is 5.92 Å². The summed E-state index contributed by atoms with van der Waals surface area (Å²) in [6.45, 7) is 2.60. The smallest absolute Gasteiger partial charge is 0.252 e. The summed E-state index contributed by atoms with van der Waals surface area (Å²) < 4.78 is 5.16. The lowest BCUT2D eigenvalue weighted by Gasteiger charge is -2.32. The van der Waals surface area contributed by atoms with Gasteiger partial charge < -0.3 is 20.1 Å². The van der Waals surface area contributed by atoms with Crippen molar-refractivity contribution in [2.75, 3.05) is 38.3 Å². The number of ether oxygens (including phenoxy) is 1. The van der Waals surface area contributed by atoms with Crippen LogP contribution in [0.15, 0.2) is 42.6 Å². The van der Waals surface area contributed by atoms with Gasteiger partial charge >= 0.3 is 0 Å². The SMILES string of the molecule is COc1ccc(CCCNC(=O)c2ccc(N3CCCC(CO)C3)nc2)cc1. The number of hydrogen-bond acceptors (Lipinski definition) is 5. The van der Waals surface area contributed by atoms with Gasteiger partial charge in [-0.15, -0.1) is 0 Å². The van der Waals surface area contributed by atoms with Crippen LogP contribution in [-0.4, -0.2) is 49.3 Å². The van der Waals surface area contributed by atoms with Crippen molar-refractivity contribution in [3.05, 3.63) is 53.7 Å². The molecule has 150 valence electrons. The van der Waals surface area contributed by atoms with Crippen LogP contribution >= 0.6 is 0 Å². The zero-order chi connectivity index (χ0) is 19.8. The van der Waals surface area contributed by atoms with Crippen molar-refractivity contribution < 1.29 is 14.6 Å². The second kappa shape index (κ2) is 10.1. The lowest BCUT2D eigenvalue weighted by Crippen LogP contribution is -2.37. The van der Waals surface area contributed by atoms with Crippen molar-refractivity contribution in [3.8, 4) is 5.75 Å². The first-order chi connectivity index (χ1) is 13.7. The molecule has 28 heavy (non-hydrogen) atoms. The Morgan fingerprint density at radius 2 is 2.11 bits per heavy atom. The minimum atomic E-state index is -0.0966. The van der Waals surface area contributed by atoms with Gasteiger partial charge in [-0.3, -0.25) is 4.79 Å². The Morgan fingerprint density at radius 3 is 2.79 bits per heavy atom. The fourth-order valence-corrected chi connectivity index (χ4v) is 3.52. The monoisotopic (exact) mass is 383 g/mol. The van der Waals surface area contributed by atoms with E-state index < -0.39 is 0 Å². The number of nitrogens with one attached hydrogen (secondary N) is 1. The van der Waals surface area contributed by atoms with E-state index in [-0.39, 0.29) is 12.5 Å². The van der Waals surface area contributed by atoms with Gasteiger partial charge in [0.2, 0.25) is 0 Å². The molecule has 1 fully saturated rings. The number of aliphatic hydroxyl groups excluding tert-OH is 1. The highest BCUT2D eigenvalue weighted by molar-refractivity contribution is 5.94. The molecule has 0 radical (unpaired) electrons. The summed E-state index contributed by atoms with van der Waals surface area (Å²) >= 11 is 0. The van der Waals surface area contributed by atoms with E-state index in [2.05, 4.69) is 15.2 Å². The summed E-state index contributed by atoms with van der Waals surface area (Å²) in [7, 11) is 1.66. The van der Waals surface area contributed by atoms with Gasteiger partial charge in [0.15, 0.2) is 0 Å². The zero-order valence-corrected chi connectivity index (χ0v) is 16.4. The quantitative estimate of drug-likeness (QED) is 0.686. The molecule has 1 aliphatic rings. The summed E-state index contributed by atoms with van der Waals surface area (Å²) in [5.41, 5.74) is 1.80. The summed E-state index contributed by atoms with van der Waals surface area (Å²) in [6, 6.07) is 11.7. The van der Waals surface area contributed by atoms with Gasteiger partial charge in [0.1, 0.15) is 11.6 Å². The Morgan fingerprint density at radius 1 is 1.29 bits per heavy atom. The number of rotatable bonds is 8. The second-order valence-corrected chi connectivity index (χ2v) is 7.25. The van der Waals surface area contributed by atoms with Crippen molar-refractivity contribution in [3.63, 3.8) is 0 Å². The van der Waals surface area contributed by atoms with E-state index in [0.717, 1.165) is 50.3 Å². The van der Waals surface area contributed by atoms with Crippen LogP contribution in [0.1, 0.15) is 35.2 Å². The first-order valence-corrected chi connectivity index (χ1v) is 9.92. The Bertz CT molecular complexity index is 747. The predicted molar refractivity (Wildman–Crippen MR) is 110 cm³/mol. The third-order valence-corrected chi connectivity index (χ3v) is 5.20. The van der Waals surface area contributed by atoms with Gasteiger partial charge in [-0.2, -0.15) is 0 Å². The van der Waals surface area contributed by atoms with Gasteiger partial charge in [0.05, 0.1) is 12.7 Å². The molecule has 0 spiro atoms. The van der Waals surface area contributed by atoms with E-state index in [9.17, 15) is 9.90 Å².